The van der Waals surface area contributed by atoms with Gasteiger partial charge in [-0.3, -0.25) is 0 Å². The number of hydrogen-bond donors (Lipinski definition) is 1. The van der Waals surface area contributed by atoms with Crippen LogP contribution in [0.25, 0.3) is 21.5 Å². The molecule has 2 heterocycles. The van der Waals surface area contributed by atoms with Gasteiger partial charge in [-0.25, -0.2) is 9.97 Å². The largest absolute Gasteiger partial charge is 0.357 e. The Morgan fingerprint density at radius 1 is 0.885 bits per heavy atom. The third kappa shape index (κ3) is 2.76. The van der Waals surface area contributed by atoms with Crippen LogP contribution >= 0.6 is 11.3 Å². The van der Waals surface area contributed by atoms with Gasteiger partial charge in [0.05, 0.1) is 4.70 Å². The smallest absolute Gasteiger partial charge is 0.185 e. The van der Waals surface area contributed by atoms with E-state index < -0.39 is 0 Å². The molecule has 0 saturated carbocycles. The summed E-state index contributed by atoms with van der Waals surface area (Å²) < 4.78 is 1.20. The molecule has 2 aromatic carbocycles. The molecule has 0 unspecified atom stereocenters. The molecule has 0 fully saturated rings. The lowest BCUT2D eigenvalue weighted by atomic mass is 10.00. The van der Waals surface area contributed by atoms with Crippen molar-refractivity contribution in [1.82, 2.24) is 9.97 Å². The maximum atomic E-state index is 4.88. The molecule has 0 saturated heterocycles. The van der Waals surface area contributed by atoms with Gasteiger partial charge in [-0.15, -0.1) is 0 Å². The Kier molecular flexibility index (Phi) is 3.91. The molecule has 128 valence electrons. The minimum atomic E-state index is 0.779. The second-order valence-corrected chi connectivity index (χ2v) is 7.64. The van der Waals surface area contributed by atoms with E-state index in [-0.39, 0.29) is 0 Å². The van der Waals surface area contributed by atoms with E-state index in [1.165, 1.54) is 39.1 Å². The quantitative estimate of drug-likeness (QED) is 0.527. The predicted molar refractivity (Wildman–Crippen MR) is 109 cm³/mol. The highest BCUT2D eigenvalue weighted by molar-refractivity contribution is 7.22. The number of hydrogen-bond acceptors (Lipinski definition) is 4. The lowest BCUT2D eigenvalue weighted by Gasteiger charge is -2.09. The molecular formula is C22H19N3S. The monoisotopic (exact) mass is 357 g/mol. The van der Waals surface area contributed by atoms with Crippen LogP contribution in [0.4, 0.5) is 5.13 Å². The van der Waals surface area contributed by atoms with Crippen molar-refractivity contribution in [3.63, 3.8) is 0 Å². The first-order valence-corrected chi connectivity index (χ1v) is 9.85. The second kappa shape index (κ2) is 6.54. The van der Waals surface area contributed by atoms with E-state index in [0.29, 0.717) is 0 Å². The standard InChI is InChI=1S/C22H19N3S/c1-3-8-15(9-4-1)14-23-22-25-21-20(26-22)19(16-10-5-2-6-11-16)17-12-7-13-18(17)24-21/h1-6,8-11H,7,12-14H2,(H,23,24,25). The second-order valence-electron chi connectivity index (χ2n) is 6.64. The van der Waals surface area contributed by atoms with E-state index in [1.54, 1.807) is 11.3 Å². The fourth-order valence-electron chi connectivity index (χ4n) is 3.70. The minimum Gasteiger partial charge on any atom is -0.357 e. The molecule has 0 aliphatic heterocycles. The van der Waals surface area contributed by atoms with Crippen LogP contribution in [-0.4, -0.2) is 9.97 Å². The average Bonchev–Trinajstić information content (AvgIpc) is 3.32. The molecule has 2 aromatic heterocycles. The lowest BCUT2D eigenvalue weighted by Crippen LogP contribution is -1.98. The van der Waals surface area contributed by atoms with E-state index in [2.05, 4.69) is 59.9 Å². The first kappa shape index (κ1) is 15.5. The van der Waals surface area contributed by atoms with Gasteiger partial charge < -0.3 is 5.32 Å². The fourth-order valence-corrected chi connectivity index (χ4v) is 4.69. The third-order valence-electron chi connectivity index (χ3n) is 4.92. The molecule has 0 amide bonds. The Labute approximate surface area is 156 Å². The van der Waals surface area contributed by atoms with E-state index in [9.17, 15) is 0 Å². The zero-order valence-electron chi connectivity index (χ0n) is 14.4. The molecule has 5 rings (SSSR count). The van der Waals surface area contributed by atoms with Gasteiger partial charge >= 0.3 is 0 Å². The van der Waals surface area contributed by atoms with Crippen LogP contribution in [0.1, 0.15) is 23.2 Å². The number of fused-ring (bicyclic) bond motifs is 2. The number of aromatic nitrogens is 2. The zero-order valence-corrected chi connectivity index (χ0v) is 15.2. The van der Waals surface area contributed by atoms with Gasteiger partial charge in [0.15, 0.2) is 10.8 Å². The van der Waals surface area contributed by atoms with Gasteiger partial charge in [0.2, 0.25) is 0 Å². The number of thiazole rings is 1. The highest BCUT2D eigenvalue weighted by atomic mass is 32.1. The van der Waals surface area contributed by atoms with Crippen molar-refractivity contribution in [3.05, 3.63) is 77.5 Å². The molecule has 4 aromatic rings. The number of nitrogens with zero attached hydrogens (tertiary/aromatic N) is 2. The summed E-state index contributed by atoms with van der Waals surface area (Å²) >= 11 is 1.72. The van der Waals surface area contributed by atoms with Crippen LogP contribution in [0.2, 0.25) is 0 Å². The van der Waals surface area contributed by atoms with E-state index in [1.807, 2.05) is 6.07 Å². The van der Waals surface area contributed by atoms with Crippen molar-refractivity contribution in [2.75, 3.05) is 5.32 Å². The third-order valence-corrected chi connectivity index (χ3v) is 5.94. The van der Waals surface area contributed by atoms with Gasteiger partial charge in [-0.05, 0) is 36.0 Å². The predicted octanol–water partition coefficient (Wildman–Crippen LogP) is 5.46. The zero-order chi connectivity index (χ0) is 17.3. The molecule has 0 spiro atoms. The van der Waals surface area contributed by atoms with Gasteiger partial charge in [0.1, 0.15) is 0 Å². The Morgan fingerprint density at radius 3 is 2.46 bits per heavy atom. The SMILES string of the molecule is c1ccc(CNc2nc3nc4c(c(-c5ccccc5)c3s2)CCC4)cc1. The summed E-state index contributed by atoms with van der Waals surface area (Å²) in [5.41, 5.74) is 7.40. The molecule has 0 bridgehead atoms. The van der Waals surface area contributed by atoms with Gasteiger partial charge in [-0.1, -0.05) is 72.0 Å². The summed E-state index contributed by atoms with van der Waals surface area (Å²) in [6.07, 6.45) is 3.38. The minimum absolute atomic E-state index is 0.779. The van der Waals surface area contributed by atoms with Crippen LogP contribution in [0, 0.1) is 0 Å². The van der Waals surface area contributed by atoms with Gasteiger partial charge in [0.25, 0.3) is 0 Å². The van der Waals surface area contributed by atoms with Crippen molar-refractivity contribution < 1.29 is 0 Å². The lowest BCUT2D eigenvalue weighted by molar-refractivity contribution is 0.901. The number of rotatable bonds is 4. The molecule has 0 atom stereocenters. The van der Waals surface area contributed by atoms with Crippen LogP contribution in [0.15, 0.2) is 60.7 Å². The van der Waals surface area contributed by atoms with Crippen molar-refractivity contribution in [1.29, 1.82) is 0 Å². The van der Waals surface area contributed by atoms with Crippen molar-refractivity contribution >= 4 is 26.8 Å². The highest BCUT2D eigenvalue weighted by Crippen LogP contribution is 2.40. The molecule has 4 heteroatoms. The first-order valence-electron chi connectivity index (χ1n) is 9.04. The maximum absolute atomic E-state index is 4.88. The first-order chi connectivity index (χ1) is 12.9. The summed E-state index contributed by atoms with van der Waals surface area (Å²) in [5.74, 6) is 0. The molecule has 3 nitrogen and oxygen atoms in total. The normalized spacial score (nSPS) is 13.1. The Balaban J connectivity index is 1.58. The molecular weight excluding hydrogens is 338 g/mol. The Bertz CT molecular complexity index is 1060. The highest BCUT2D eigenvalue weighted by Gasteiger charge is 2.22. The molecule has 0 radical (unpaired) electrons. The number of pyridine rings is 1. The summed E-state index contributed by atoms with van der Waals surface area (Å²) in [6.45, 7) is 0.779. The van der Waals surface area contributed by atoms with Crippen LogP contribution in [0.3, 0.4) is 0 Å². The van der Waals surface area contributed by atoms with Crippen LogP contribution in [-0.2, 0) is 19.4 Å². The topological polar surface area (TPSA) is 37.8 Å². The van der Waals surface area contributed by atoms with Crippen LogP contribution < -0.4 is 5.32 Å². The number of anilines is 1. The Hall–Kier alpha value is -2.72. The number of nitrogens with one attached hydrogen (secondary N) is 1. The van der Waals surface area contributed by atoms with E-state index in [0.717, 1.165) is 30.2 Å². The number of aryl methyl sites for hydroxylation is 1. The molecule has 1 aliphatic carbocycles. The van der Waals surface area contributed by atoms with Gasteiger partial charge in [-0.2, -0.15) is 0 Å². The molecule has 1 N–H and O–H groups in total. The summed E-state index contributed by atoms with van der Waals surface area (Å²) in [5, 5.41) is 4.41. The van der Waals surface area contributed by atoms with Crippen molar-refractivity contribution in [2.24, 2.45) is 0 Å². The summed E-state index contributed by atoms with van der Waals surface area (Å²) in [7, 11) is 0. The van der Waals surface area contributed by atoms with Crippen molar-refractivity contribution in [3.8, 4) is 11.1 Å². The fraction of sp³-hybridized carbons (Fsp3) is 0.182. The van der Waals surface area contributed by atoms with E-state index >= 15 is 0 Å². The maximum Gasteiger partial charge on any atom is 0.185 e. The van der Waals surface area contributed by atoms with Crippen LogP contribution in [0.5, 0.6) is 0 Å². The number of benzene rings is 2. The van der Waals surface area contributed by atoms with Crippen molar-refractivity contribution in [2.45, 2.75) is 25.8 Å². The average molecular weight is 357 g/mol. The van der Waals surface area contributed by atoms with Gasteiger partial charge in [0, 0.05) is 17.8 Å². The van der Waals surface area contributed by atoms with E-state index in [4.69, 9.17) is 9.97 Å². The molecule has 26 heavy (non-hydrogen) atoms. The summed E-state index contributed by atoms with van der Waals surface area (Å²) in [4.78, 5) is 9.66. The summed E-state index contributed by atoms with van der Waals surface area (Å²) in [6, 6.07) is 21.1. The molecule has 1 aliphatic rings. The Morgan fingerprint density at radius 2 is 1.65 bits per heavy atom.